The molecule has 1 aliphatic heterocycles. The molecule has 2 N–H and O–H groups in total. The van der Waals surface area contributed by atoms with Crippen molar-refractivity contribution >= 4 is 17.8 Å². The minimum absolute atomic E-state index is 0.0229. The molecule has 1 aromatic carbocycles. The first-order valence-electron chi connectivity index (χ1n) is 8.09. The van der Waals surface area contributed by atoms with Crippen LogP contribution in [0.5, 0.6) is 0 Å². The predicted molar refractivity (Wildman–Crippen MR) is 94.4 cm³/mol. The molecule has 1 aliphatic rings. The number of ether oxygens (including phenoxy) is 1. The van der Waals surface area contributed by atoms with Gasteiger partial charge in [-0.3, -0.25) is 4.79 Å². The molecule has 3 rings (SSSR count). The molecule has 1 amide bonds. The number of amides is 1. The van der Waals surface area contributed by atoms with Gasteiger partial charge in [-0.1, -0.05) is 24.3 Å². The maximum Gasteiger partial charge on any atom is 0.291 e. The Bertz CT molecular complexity index is 779. The Balaban J connectivity index is 1.78. The van der Waals surface area contributed by atoms with Gasteiger partial charge >= 0.3 is 0 Å². The fourth-order valence-corrected chi connectivity index (χ4v) is 2.81. The molecule has 1 atom stereocenters. The number of likely N-dealkylation sites (N-methyl/N-ethyl adjacent to an activating group) is 1. The number of aromatic nitrogens is 3. The monoisotopic (exact) mass is 342 g/mol. The highest BCUT2D eigenvalue weighted by molar-refractivity contribution is 5.90. The van der Waals surface area contributed by atoms with Gasteiger partial charge in [0.15, 0.2) is 0 Å². The summed E-state index contributed by atoms with van der Waals surface area (Å²) in [6.07, 6.45) is 0.729. The van der Waals surface area contributed by atoms with Crippen molar-refractivity contribution in [3.63, 3.8) is 0 Å². The van der Waals surface area contributed by atoms with Gasteiger partial charge in [0.25, 0.3) is 5.91 Å². The summed E-state index contributed by atoms with van der Waals surface area (Å²) < 4.78 is 5.87. The van der Waals surface area contributed by atoms with Crippen LogP contribution < -0.4 is 10.6 Å². The van der Waals surface area contributed by atoms with Crippen LogP contribution in [0.3, 0.4) is 0 Å². The van der Waals surface area contributed by atoms with E-state index in [1.54, 1.807) is 30.9 Å². The van der Waals surface area contributed by atoms with Crippen LogP contribution in [0.25, 0.3) is 0 Å². The first kappa shape index (κ1) is 17.1. The zero-order chi connectivity index (χ0) is 18.0. The number of nitrogens with zero attached hydrogens (tertiary/aromatic N) is 5. The standard InChI is InChI=1S/C17H22N6O2/c1-22(2)17-20-14(19-16(18)21-17)15(24)23(3)10-13-12-7-5-4-6-11(12)8-9-25-13/h4-7,13H,8-10H2,1-3H3,(H2,18,19,20,21). The maximum absolute atomic E-state index is 12.7. The van der Waals surface area contributed by atoms with Gasteiger partial charge in [-0.15, -0.1) is 0 Å². The lowest BCUT2D eigenvalue weighted by molar-refractivity contribution is 0.0197. The second kappa shape index (κ2) is 7.02. The number of nitrogen functional groups attached to an aromatic ring is 1. The third kappa shape index (κ3) is 3.69. The Morgan fingerprint density at radius 1 is 1.24 bits per heavy atom. The van der Waals surface area contributed by atoms with Crippen molar-refractivity contribution < 1.29 is 9.53 Å². The third-order valence-corrected chi connectivity index (χ3v) is 4.11. The normalized spacial score (nSPS) is 16.2. The van der Waals surface area contributed by atoms with Crippen LogP contribution in [0.4, 0.5) is 11.9 Å². The average Bonchev–Trinajstić information content (AvgIpc) is 2.60. The molecule has 0 fully saturated rings. The molecule has 25 heavy (non-hydrogen) atoms. The van der Waals surface area contributed by atoms with Gasteiger partial charge in [-0.05, 0) is 17.5 Å². The van der Waals surface area contributed by atoms with Crippen LogP contribution in [-0.4, -0.2) is 60.1 Å². The van der Waals surface area contributed by atoms with E-state index >= 15 is 0 Å². The first-order chi connectivity index (χ1) is 12.0. The Kier molecular flexibility index (Phi) is 4.80. The van der Waals surface area contributed by atoms with E-state index in [4.69, 9.17) is 10.5 Å². The fraction of sp³-hybridized carbons (Fsp3) is 0.412. The summed E-state index contributed by atoms with van der Waals surface area (Å²) in [5, 5.41) is 0. The van der Waals surface area contributed by atoms with Crippen molar-refractivity contribution in [1.29, 1.82) is 0 Å². The highest BCUT2D eigenvalue weighted by Crippen LogP contribution is 2.27. The van der Waals surface area contributed by atoms with Crippen molar-refractivity contribution in [2.24, 2.45) is 0 Å². The van der Waals surface area contributed by atoms with Gasteiger partial charge < -0.3 is 20.3 Å². The van der Waals surface area contributed by atoms with E-state index in [9.17, 15) is 4.79 Å². The molecule has 2 heterocycles. The number of hydrogen-bond donors (Lipinski definition) is 1. The summed E-state index contributed by atoms with van der Waals surface area (Å²) in [6.45, 7) is 1.06. The van der Waals surface area contributed by atoms with Gasteiger partial charge in [0.2, 0.25) is 17.7 Å². The summed E-state index contributed by atoms with van der Waals surface area (Å²) in [5.41, 5.74) is 8.08. The molecule has 0 radical (unpaired) electrons. The van der Waals surface area contributed by atoms with E-state index < -0.39 is 0 Å². The van der Waals surface area contributed by atoms with Gasteiger partial charge in [0.1, 0.15) is 6.10 Å². The lowest BCUT2D eigenvalue weighted by Crippen LogP contribution is -2.35. The number of benzene rings is 1. The lowest BCUT2D eigenvalue weighted by atomic mass is 9.97. The topological polar surface area (TPSA) is 97.5 Å². The molecule has 0 saturated heterocycles. The summed E-state index contributed by atoms with van der Waals surface area (Å²) in [7, 11) is 5.26. The fourth-order valence-electron chi connectivity index (χ4n) is 2.81. The molecule has 2 aromatic rings. The van der Waals surface area contributed by atoms with Crippen molar-refractivity contribution in [2.45, 2.75) is 12.5 Å². The van der Waals surface area contributed by atoms with Crippen LogP contribution in [-0.2, 0) is 11.2 Å². The molecule has 0 aliphatic carbocycles. The zero-order valence-corrected chi connectivity index (χ0v) is 14.6. The molecule has 0 saturated carbocycles. The number of rotatable bonds is 4. The molecular formula is C17H22N6O2. The average molecular weight is 342 g/mol. The van der Waals surface area contributed by atoms with Gasteiger partial charge in [-0.2, -0.15) is 15.0 Å². The minimum atomic E-state index is -0.316. The quantitative estimate of drug-likeness (QED) is 0.882. The van der Waals surface area contributed by atoms with E-state index in [1.165, 1.54) is 5.56 Å². The van der Waals surface area contributed by atoms with Crippen LogP contribution >= 0.6 is 0 Å². The number of anilines is 2. The highest BCUT2D eigenvalue weighted by Gasteiger charge is 2.25. The van der Waals surface area contributed by atoms with E-state index in [0.717, 1.165) is 12.0 Å². The Morgan fingerprint density at radius 2 is 2.00 bits per heavy atom. The molecule has 0 bridgehead atoms. The maximum atomic E-state index is 12.7. The molecule has 8 nitrogen and oxygen atoms in total. The molecular weight excluding hydrogens is 320 g/mol. The van der Waals surface area contributed by atoms with Gasteiger partial charge in [-0.25, -0.2) is 0 Å². The molecule has 0 spiro atoms. The van der Waals surface area contributed by atoms with Crippen molar-refractivity contribution in [2.75, 3.05) is 44.9 Å². The van der Waals surface area contributed by atoms with Crippen molar-refractivity contribution in [3.8, 4) is 0 Å². The lowest BCUT2D eigenvalue weighted by Gasteiger charge is -2.29. The minimum Gasteiger partial charge on any atom is -0.371 e. The second-order valence-electron chi connectivity index (χ2n) is 6.21. The summed E-state index contributed by atoms with van der Waals surface area (Å²) in [6, 6.07) is 8.15. The molecule has 1 unspecified atom stereocenters. The van der Waals surface area contributed by atoms with Crippen molar-refractivity contribution in [3.05, 3.63) is 41.2 Å². The first-order valence-corrected chi connectivity index (χ1v) is 8.09. The summed E-state index contributed by atoms with van der Waals surface area (Å²) >= 11 is 0. The number of carbonyl (C=O) groups is 1. The van der Waals surface area contributed by atoms with Crippen LogP contribution in [0.15, 0.2) is 24.3 Å². The largest absolute Gasteiger partial charge is 0.371 e. The van der Waals surface area contributed by atoms with Gasteiger partial charge in [0, 0.05) is 21.1 Å². The highest BCUT2D eigenvalue weighted by atomic mass is 16.5. The SMILES string of the molecule is CN(CC1OCCc2ccccc21)C(=O)c1nc(N)nc(N(C)C)n1. The summed E-state index contributed by atoms with van der Waals surface area (Å²) in [4.78, 5) is 28.1. The molecule has 132 valence electrons. The smallest absolute Gasteiger partial charge is 0.291 e. The second-order valence-corrected chi connectivity index (χ2v) is 6.21. The number of hydrogen-bond acceptors (Lipinski definition) is 7. The van der Waals surface area contributed by atoms with Gasteiger partial charge in [0.05, 0.1) is 13.2 Å². The van der Waals surface area contributed by atoms with E-state index in [2.05, 4.69) is 21.0 Å². The third-order valence-electron chi connectivity index (χ3n) is 4.11. The van der Waals surface area contributed by atoms with E-state index in [1.807, 2.05) is 18.2 Å². The van der Waals surface area contributed by atoms with Crippen LogP contribution in [0.1, 0.15) is 27.8 Å². The van der Waals surface area contributed by atoms with E-state index in [0.29, 0.717) is 19.1 Å². The van der Waals surface area contributed by atoms with Crippen molar-refractivity contribution in [1.82, 2.24) is 19.9 Å². The summed E-state index contributed by atoms with van der Waals surface area (Å²) in [5.74, 6) is 0.0878. The van der Waals surface area contributed by atoms with E-state index in [-0.39, 0.29) is 23.8 Å². The Morgan fingerprint density at radius 3 is 2.76 bits per heavy atom. The Labute approximate surface area is 146 Å². The zero-order valence-electron chi connectivity index (χ0n) is 14.6. The van der Waals surface area contributed by atoms with Crippen LogP contribution in [0, 0.1) is 0 Å². The number of carbonyl (C=O) groups excluding carboxylic acids is 1. The molecule has 8 heteroatoms. The predicted octanol–water partition coefficient (Wildman–Crippen LogP) is 0.906. The number of fused-ring (bicyclic) bond motifs is 1. The van der Waals surface area contributed by atoms with Crippen LogP contribution in [0.2, 0.25) is 0 Å². The molecule has 1 aromatic heterocycles. The Hall–Kier alpha value is -2.74. The number of nitrogens with two attached hydrogens (primary N) is 1.